The minimum atomic E-state index is 0.0651. The second-order valence-electron chi connectivity index (χ2n) is 14.2. The molecule has 0 spiro atoms. The van der Waals surface area contributed by atoms with Gasteiger partial charge in [-0.1, -0.05) is 147 Å². The minimum Gasteiger partial charge on any atom is -0.391 e. The number of hydrogen-bond acceptors (Lipinski definition) is 3. The zero-order valence-corrected chi connectivity index (χ0v) is 32.4. The van der Waals surface area contributed by atoms with Gasteiger partial charge >= 0.3 is 0 Å². The maximum absolute atomic E-state index is 5.26. The molecule has 1 N–H and O–H groups in total. The maximum Gasteiger partial charge on any atom is 0.160 e. The monoisotopic (exact) mass is 721 g/mol. The molecule has 2 unspecified atom stereocenters. The van der Waals surface area contributed by atoms with Gasteiger partial charge in [0.05, 0.1) is 11.4 Å². The Morgan fingerprint density at radius 3 is 2.45 bits per heavy atom. The largest absolute Gasteiger partial charge is 0.391 e. The summed E-state index contributed by atoms with van der Waals surface area (Å²) in [6.45, 7) is 11.2. The van der Waals surface area contributed by atoms with Crippen LogP contribution in [0.3, 0.4) is 0 Å². The molecule has 0 aliphatic heterocycles. The van der Waals surface area contributed by atoms with E-state index in [2.05, 4.69) is 171 Å². The van der Waals surface area contributed by atoms with Crippen LogP contribution in [-0.2, 0) is 0 Å². The minimum absolute atomic E-state index is 0.0651. The van der Waals surface area contributed by atoms with Gasteiger partial charge in [-0.15, -0.1) is 13.2 Å². The van der Waals surface area contributed by atoms with E-state index in [4.69, 9.17) is 9.97 Å². The highest BCUT2D eigenvalue weighted by Gasteiger charge is 2.19. The van der Waals surface area contributed by atoms with E-state index in [9.17, 15) is 0 Å². The predicted octanol–water partition coefficient (Wildman–Crippen LogP) is 13.6. The topological polar surface area (TPSA) is 37.8 Å². The number of allylic oxidation sites excluding steroid dienone is 13. The van der Waals surface area contributed by atoms with Crippen molar-refractivity contribution in [3.8, 4) is 11.4 Å². The van der Waals surface area contributed by atoms with E-state index >= 15 is 0 Å². The SMILES string of the molecule is C=CCC/C=C/c1ccccc1C1C=CC(c2cccc(-c3nc(C4=CCCC(c5ccccc5)=C4)cc(C(C=C)C/C=C/CCN/C=C\CC)n3)c2)=CC1. The van der Waals surface area contributed by atoms with Gasteiger partial charge < -0.3 is 5.32 Å². The van der Waals surface area contributed by atoms with Crippen LogP contribution in [0.15, 0.2) is 171 Å². The fraction of sp³-hybridized carbons (Fsp3) is 0.231. The Kier molecular flexibility index (Phi) is 14.6. The molecule has 0 fully saturated rings. The number of aromatic nitrogens is 2. The lowest BCUT2D eigenvalue weighted by Gasteiger charge is -2.19. The number of nitrogens with one attached hydrogen (secondary N) is 1. The van der Waals surface area contributed by atoms with Crippen LogP contribution in [0.5, 0.6) is 0 Å². The van der Waals surface area contributed by atoms with Crippen LogP contribution in [0.25, 0.3) is 34.2 Å². The standard InChI is InChI=1S/C52H55N3/c1-4-7-9-12-24-43-25-16-17-30-49(43)44-33-31-42(32-34-44)46-27-20-29-48(38-46)52-54-50(40(6-3)21-15-11-18-36-53-35-8-5-2)39-51(55-52)47-28-19-26-45(37-47)41-22-13-10-14-23-41/h4,6,8,10-17,20,22-25,27-33,35,37-40,44,53H,1,3,5,7,9,18-19,21,26,34,36H2,2H3/b15-11+,24-12+,35-8-. The molecule has 6 rings (SSSR count). The van der Waals surface area contributed by atoms with Crippen LogP contribution in [0.1, 0.15) is 104 Å². The highest BCUT2D eigenvalue weighted by molar-refractivity contribution is 5.85. The summed E-state index contributed by atoms with van der Waals surface area (Å²) in [6.07, 6.45) is 36.7. The van der Waals surface area contributed by atoms with Crippen molar-refractivity contribution in [2.45, 2.75) is 70.1 Å². The highest BCUT2D eigenvalue weighted by Crippen LogP contribution is 2.36. The van der Waals surface area contributed by atoms with Gasteiger partial charge in [-0.25, -0.2) is 9.97 Å². The summed E-state index contributed by atoms with van der Waals surface area (Å²) in [6, 6.07) is 30.4. The van der Waals surface area contributed by atoms with Gasteiger partial charge in [0.15, 0.2) is 5.82 Å². The second-order valence-corrected chi connectivity index (χ2v) is 14.2. The average molecular weight is 722 g/mol. The van der Waals surface area contributed by atoms with Crippen molar-refractivity contribution in [1.82, 2.24) is 15.3 Å². The summed E-state index contributed by atoms with van der Waals surface area (Å²) < 4.78 is 0. The van der Waals surface area contributed by atoms with Crippen LogP contribution in [0.4, 0.5) is 0 Å². The molecular weight excluding hydrogens is 667 g/mol. The molecule has 0 bridgehead atoms. The first-order valence-corrected chi connectivity index (χ1v) is 20.0. The molecule has 278 valence electrons. The predicted molar refractivity (Wildman–Crippen MR) is 237 cm³/mol. The lowest BCUT2D eigenvalue weighted by molar-refractivity contribution is 0.806. The molecule has 1 heterocycles. The Balaban J connectivity index is 1.27. The van der Waals surface area contributed by atoms with Crippen molar-refractivity contribution in [1.29, 1.82) is 0 Å². The van der Waals surface area contributed by atoms with E-state index in [0.29, 0.717) is 5.92 Å². The van der Waals surface area contributed by atoms with Crippen LogP contribution < -0.4 is 5.32 Å². The summed E-state index contributed by atoms with van der Waals surface area (Å²) in [7, 11) is 0. The third-order valence-corrected chi connectivity index (χ3v) is 10.2. The van der Waals surface area contributed by atoms with E-state index < -0.39 is 0 Å². The smallest absolute Gasteiger partial charge is 0.160 e. The molecule has 3 nitrogen and oxygen atoms in total. The molecule has 1 aromatic heterocycles. The molecule has 3 heteroatoms. The molecule has 0 amide bonds. The Bertz CT molecular complexity index is 2120. The maximum atomic E-state index is 5.26. The lowest BCUT2D eigenvalue weighted by Crippen LogP contribution is -2.06. The van der Waals surface area contributed by atoms with E-state index in [1.54, 1.807) is 0 Å². The fourth-order valence-electron chi connectivity index (χ4n) is 7.17. The Morgan fingerprint density at radius 2 is 1.64 bits per heavy atom. The first kappa shape index (κ1) is 38.9. The molecule has 0 radical (unpaired) electrons. The van der Waals surface area contributed by atoms with Gasteiger partial charge in [-0.2, -0.15) is 0 Å². The fourth-order valence-corrected chi connectivity index (χ4v) is 7.17. The molecule has 2 atom stereocenters. The zero-order chi connectivity index (χ0) is 38.1. The molecule has 0 saturated carbocycles. The molecule has 4 aromatic rings. The molecule has 0 saturated heterocycles. The quantitative estimate of drug-likeness (QED) is 0.0821. The van der Waals surface area contributed by atoms with Crippen LogP contribution in [0.2, 0.25) is 0 Å². The second kappa shape index (κ2) is 20.6. The lowest BCUT2D eigenvalue weighted by atomic mass is 9.85. The number of benzene rings is 3. The first-order valence-electron chi connectivity index (χ1n) is 20.0. The van der Waals surface area contributed by atoms with Crippen LogP contribution in [0, 0.1) is 0 Å². The van der Waals surface area contributed by atoms with Gasteiger partial charge in [0.25, 0.3) is 0 Å². The third kappa shape index (κ3) is 10.9. The van der Waals surface area contributed by atoms with E-state index in [1.807, 2.05) is 18.4 Å². The Morgan fingerprint density at radius 1 is 0.800 bits per heavy atom. The number of hydrogen-bond donors (Lipinski definition) is 1. The molecule has 2 aliphatic rings. The van der Waals surface area contributed by atoms with Gasteiger partial charge in [0, 0.05) is 23.9 Å². The van der Waals surface area contributed by atoms with E-state index in [0.717, 1.165) is 86.3 Å². The van der Waals surface area contributed by atoms with Crippen molar-refractivity contribution < 1.29 is 0 Å². The van der Waals surface area contributed by atoms with Gasteiger partial charge in [-0.3, -0.25) is 0 Å². The van der Waals surface area contributed by atoms with Crippen molar-refractivity contribution in [3.63, 3.8) is 0 Å². The van der Waals surface area contributed by atoms with Crippen LogP contribution in [-0.4, -0.2) is 16.5 Å². The number of unbranched alkanes of at least 4 members (excludes halogenated alkanes) is 1. The number of nitrogens with zero attached hydrogens (tertiary/aromatic N) is 2. The first-order chi connectivity index (χ1) is 27.2. The summed E-state index contributed by atoms with van der Waals surface area (Å²) in [5.41, 5.74) is 11.8. The normalized spacial score (nSPS) is 16.2. The van der Waals surface area contributed by atoms with Gasteiger partial charge in [0.2, 0.25) is 0 Å². The molecule has 55 heavy (non-hydrogen) atoms. The van der Waals surface area contributed by atoms with E-state index in [-0.39, 0.29) is 5.92 Å². The summed E-state index contributed by atoms with van der Waals surface area (Å²) in [5, 5.41) is 3.36. The van der Waals surface area contributed by atoms with Crippen molar-refractivity contribution in [3.05, 3.63) is 205 Å². The third-order valence-electron chi connectivity index (χ3n) is 10.2. The molecule has 2 aliphatic carbocycles. The summed E-state index contributed by atoms with van der Waals surface area (Å²) >= 11 is 0. The Hall–Kier alpha value is -5.80. The Labute approximate surface area is 329 Å². The highest BCUT2D eigenvalue weighted by atomic mass is 14.9. The molecule has 3 aromatic carbocycles. The molecular formula is C52H55N3. The van der Waals surface area contributed by atoms with Crippen molar-refractivity contribution in [2.24, 2.45) is 0 Å². The van der Waals surface area contributed by atoms with Crippen molar-refractivity contribution >= 4 is 22.8 Å². The van der Waals surface area contributed by atoms with Crippen molar-refractivity contribution in [2.75, 3.05) is 6.54 Å². The van der Waals surface area contributed by atoms with Crippen LogP contribution >= 0.6 is 0 Å². The zero-order valence-electron chi connectivity index (χ0n) is 32.4. The summed E-state index contributed by atoms with van der Waals surface area (Å²) in [4.78, 5) is 10.5. The number of rotatable bonds is 18. The summed E-state index contributed by atoms with van der Waals surface area (Å²) in [5.74, 6) is 1.15. The van der Waals surface area contributed by atoms with Gasteiger partial charge in [0.1, 0.15) is 0 Å². The van der Waals surface area contributed by atoms with E-state index in [1.165, 1.54) is 33.4 Å². The average Bonchev–Trinajstić information content (AvgIpc) is 3.25. The van der Waals surface area contributed by atoms with Gasteiger partial charge in [-0.05, 0) is 115 Å².